The van der Waals surface area contributed by atoms with Gasteiger partial charge in [-0.1, -0.05) is 12.1 Å². The standard InChI is InChI=1S/C12H12N2O3/c1-8(15)10-4-3-5-11(6-10)16-7-12-14-13-9(2)17-12/h3-6H,7H2,1-2H3. The second-order valence-electron chi connectivity index (χ2n) is 3.59. The molecule has 1 aromatic heterocycles. The molecule has 0 aliphatic carbocycles. The summed E-state index contributed by atoms with van der Waals surface area (Å²) in [5.74, 6) is 1.52. The van der Waals surface area contributed by atoms with Crippen LogP contribution in [-0.2, 0) is 6.61 Å². The van der Waals surface area contributed by atoms with E-state index in [0.29, 0.717) is 23.1 Å². The van der Waals surface area contributed by atoms with E-state index in [1.165, 1.54) is 6.92 Å². The smallest absolute Gasteiger partial charge is 0.253 e. The molecule has 5 heteroatoms. The molecule has 0 unspecified atom stereocenters. The van der Waals surface area contributed by atoms with E-state index in [-0.39, 0.29) is 12.4 Å². The lowest BCUT2D eigenvalue weighted by atomic mass is 10.1. The van der Waals surface area contributed by atoms with Crippen molar-refractivity contribution in [3.63, 3.8) is 0 Å². The van der Waals surface area contributed by atoms with Crippen LogP contribution in [0.5, 0.6) is 5.75 Å². The Labute approximate surface area is 98.4 Å². The van der Waals surface area contributed by atoms with Crippen LogP contribution in [-0.4, -0.2) is 16.0 Å². The Morgan fingerprint density at radius 2 is 2.24 bits per heavy atom. The van der Waals surface area contributed by atoms with Gasteiger partial charge >= 0.3 is 0 Å². The maximum atomic E-state index is 11.2. The topological polar surface area (TPSA) is 65.2 Å². The first kappa shape index (κ1) is 11.3. The summed E-state index contributed by atoms with van der Waals surface area (Å²) in [6.07, 6.45) is 0. The summed E-state index contributed by atoms with van der Waals surface area (Å²) in [5.41, 5.74) is 0.615. The number of carbonyl (C=O) groups excluding carboxylic acids is 1. The first-order chi connectivity index (χ1) is 8.15. The highest BCUT2D eigenvalue weighted by Gasteiger charge is 2.05. The average Bonchev–Trinajstić information content (AvgIpc) is 2.73. The molecule has 0 saturated carbocycles. The maximum Gasteiger partial charge on any atom is 0.253 e. The van der Waals surface area contributed by atoms with Gasteiger partial charge in [0, 0.05) is 12.5 Å². The molecule has 5 nitrogen and oxygen atoms in total. The molecule has 0 N–H and O–H groups in total. The molecule has 17 heavy (non-hydrogen) atoms. The number of benzene rings is 1. The summed E-state index contributed by atoms with van der Waals surface area (Å²) >= 11 is 0. The SMILES string of the molecule is CC(=O)c1cccc(OCc2nnc(C)o2)c1. The third-order valence-electron chi connectivity index (χ3n) is 2.17. The minimum atomic E-state index is 0.00378. The monoisotopic (exact) mass is 232 g/mol. The number of aromatic nitrogens is 2. The zero-order valence-electron chi connectivity index (χ0n) is 9.64. The molecule has 0 saturated heterocycles. The van der Waals surface area contributed by atoms with E-state index in [1.54, 1.807) is 31.2 Å². The molecule has 0 spiro atoms. The van der Waals surface area contributed by atoms with E-state index < -0.39 is 0 Å². The Hall–Kier alpha value is -2.17. The number of carbonyl (C=O) groups is 1. The van der Waals surface area contributed by atoms with Gasteiger partial charge in [0.1, 0.15) is 5.75 Å². The Morgan fingerprint density at radius 3 is 2.88 bits per heavy atom. The van der Waals surface area contributed by atoms with E-state index in [9.17, 15) is 4.79 Å². The number of hydrogen-bond acceptors (Lipinski definition) is 5. The van der Waals surface area contributed by atoms with Gasteiger partial charge in [-0.25, -0.2) is 0 Å². The van der Waals surface area contributed by atoms with E-state index in [1.807, 2.05) is 0 Å². The summed E-state index contributed by atoms with van der Waals surface area (Å²) in [7, 11) is 0. The molecular formula is C12H12N2O3. The van der Waals surface area contributed by atoms with E-state index in [0.717, 1.165) is 0 Å². The summed E-state index contributed by atoms with van der Waals surface area (Å²) < 4.78 is 10.6. The van der Waals surface area contributed by atoms with Crippen molar-refractivity contribution in [3.05, 3.63) is 41.6 Å². The van der Waals surface area contributed by atoms with E-state index in [2.05, 4.69) is 10.2 Å². The van der Waals surface area contributed by atoms with Gasteiger partial charge in [0.2, 0.25) is 5.89 Å². The van der Waals surface area contributed by atoms with Crippen molar-refractivity contribution in [1.82, 2.24) is 10.2 Å². The van der Waals surface area contributed by atoms with Crippen molar-refractivity contribution in [3.8, 4) is 5.75 Å². The third-order valence-corrected chi connectivity index (χ3v) is 2.17. The zero-order valence-corrected chi connectivity index (χ0v) is 9.64. The Kier molecular flexibility index (Phi) is 3.18. The molecule has 0 radical (unpaired) electrons. The predicted molar refractivity (Wildman–Crippen MR) is 59.8 cm³/mol. The third kappa shape index (κ3) is 2.90. The van der Waals surface area contributed by atoms with Gasteiger partial charge < -0.3 is 9.15 Å². The normalized spacial score (nSPS) is 10.2. The number of ether oxygens (including phenoxy) is 1. The molecule has 1 heterocycles. The molecular weight excluding hydrogens is 220 g/mol. The van der Waals surface area contributed by atoms with Crippen LogP contribution in [0.2, 0.25) is 0 Å². The summed E-state index contributed by atoms with van der Waals surface area (Å²) in [5, 5.41) is 7.50. The Bertz CT molecular complexity index is 534. The van der Waals surface area contributed by atoms with Crippen molar-refractivity contribution in [2.45, 2.75) is 20.5 Å². The number of nitrogens with zero attached hydrogens (tertiary/aromatic N) is 2. The number of Topliss-reactive ketones (excluding diaryl/α,β-unsaturated/α-hetero) is 1. The van der Waals surface area contributed by atoms with Crippen LogP contribution >= 0.6 is 0 Å². The maximum absolute atomic E-state index is 11.2. The zero-order chi connectivity index (χ0) is 12.3. The minimum absolute atomic E-state index is 0.00378. The predicted octanol–water partition coefficient (Wildman–Crippen LogP) is 2.16. The molecule has 0 aliphatic rings. The van der Waals surface area contributed by atoms with Crippen LogP contribution in [0.3, 0.4) is 0 Å². The van der Waals surface area contributed by atoms with Gasteiger partial charge in [-0.2, -0.15) is 0 Å². The first-order valence-corrected chi connectivity index (χ1v) is 5.18. The van der Waals surface area contributed by atoms with Gasteiger partial charge in [-0.05, 0) is 19.1 Å². The highest BCUT2D eigenvalue weighted by molar-refractivity contribution is 5.94. The van der Waals surface area contributed by atoms with Gasteiger partial charge in [0.05, 0.1) is 0 Å². The highest BCUT2D eigenvalue weighted by Crippen LogP contribution is 2.15. The van der Waals surface area contributed by atoms with Crippen LogP contribution in [0.15, 0.2) is 28.7 Å². The Balaban J connectivity index is 2.04. The van der Waals surface area contributed by atoms with Gasteiger partial charge in [-0.3, -0.25) is 4.79 Å². The summed E-state index contributed by atoms with van der Waals surface area (Å²) in [6.45, 7) is 3.43. The minimum Gasteiger partial charge on any atom is -0.484 e. The first-order valence-electron chi connectivity index (χ1n) is 5.18. The van der Waals surface area contributed by atoms with E-state index >= 15 is 0 Å². The molecule has 2 aromatic rings. The Morgan fingerprint density at radius 1 is 1.41 bits per heavy atom. The molecule has 88 valence electrons. The van der Waals surface area contributed by atoms with Gasteiger partial charge in [0.25, 0.3) is 5.89 Å². The van der Waals surface area contributed by atoms with Crippen LogP contribution in [0.1, 0.15) is 29.1 Å². The fraction of sp³-hybridized carbons (Fsp3) is 0.250. The lowest BCUT2D eigenvalue weighted by molar-refractivity contribution is 0.101. The quantitative estimate of drug-likeness (QED) is 0.756. The van der Waals surface area contributed by atoms with Crippen LogP contribution in [0.4, 0.5) is 0 Å². The lowest BCUT2D eigenvalue weighted by Gasteiger charge is -2.04. The van der Waals surface area contributed by atoms with Crippen LogP contribution in [0, 0.1) is 6.92 Å². The molecule has 2 rings (SSSR count). The lowest BCUT2D eigenvalue weighted by Crippen LogP contribution is -1.98. The second kappa shape index (κ2) is 4.78. The van der Waals surface area contributed by atoms with Crippen LogP contribution < -0.4 is 4.74 Å². The van der Waals surface area contributed by atoms with Gasteiger partial charge in [-0.15, -0.1) is 10.2 Å². The fourth-order valence-electron chi connectivity index (χ4n) is 1.35. The van der Waals surface area contributed by atoms with Crippen molar-refractivity contribution in [2.24, 2.45) is 0 Å². The molecule has 1 aromatic carbocycles. The molecule has 0 aliphatic heterocycles. The number of ketones is 1. The van der Waals surface area contributed by atoms with E-state index in [4.69, 9.17) is 9.15 Å². The molecule has 0 atom stereocenters. The number of rotatable bonds is 4. The largest absolute Gasteiger partial charge is 0.484 e. The summed E-state index contributed by atoms with van der Waals surface area (Å²) in [4.78, 5) is 11.2. The second-order valence-corrected chi connectivity index (χ2v) is 3.59. The average molecular weight is 232 g/mol. The molecule has 0 amide bonds. The molecule has 0 fully saturated rings. The highest BCUT2D eigenvalue weighted by atomic mass is 16.5. The summed E-state index contributed by atoms with van der Waals surface area (Å²) in [6, 6.07) is 6.97. The van der Waals surface area contributed by atoms with Crippen LogP contribution in [0.25, 0.3) is 0 Å². The number of hydrogen-bond donors (Lipinski definition) is 0. The van der Waals surface area contributed by atoms with Crippen molar-refractivity contribution < 1.29 is 13.9 Å². The van der Waals surface area contributed by atoms with Crippen molar-refractivity contribution in [1.29, 1.82) is 0 Å². The van der Waals surface area contributed by atoms with Gasteiger partial charge in [0.15, 0.2) is 12.4 Å². The number of aryl methyl sites for hydroxylation is 1. The molecule has 0 bridgehead atoms. The van der Waals surface area contributed by atoms with Crippen molar-refractivity contribution >= 4 is 5.78 Å². The fourth-order valence-corrected chi connectivity index (χ4v) is 1.35. The van der Waals surface area contributed by atoms with Crippen molar-refractivity contribution in [2.75, 3.05) is 0 Å².